The lowest BCUT2D eigenvalue weighted by atomic mass is 10.1. The highest BCUT2D eigenvalue weighted by molar-refractivity contribution is 5.38. The molecule has 2 rings (SSSR count). The van der Waals surface area contributed by atoms with E-state index < -0.39 is 0 Å². The van der Waals surface area contributed by atoms with Gasteiger partial charge in [0, 0.05) is 31.2 Å². The van der Waals surface area contributed by atoms with E-state index in [0.29, 0.717) is 17.9 Å². The summed E-state index contributed by atoms with van der Waals surface area (Å²) in [5.41, 5.74) is -0.0771. The zero-order valence-electron chi connectivity index (χ0n) is 10.9. The predicted molar refractivity (Wildman–Crippen MR) is 68.5 cm³/mol. The average molecular weight is 236 g/mol. The fraction of sp³-hybridized carbons (Fsp3) is 0.667. The molecule has 1 aliphatic rings. The fourth-order valence-electron chi connectivity index (χ4n) is 2.32. The highest BCUT2D eigenvalue weighted by atomic mass is 16.1. The molecular formula is C12H20N4O. The summed E-state index contributed by atoms with van der Waals surface area (Å²) in [5, 5.41) is 0. The van der Waals surface area contributed by atoms with Gasteiger partial charge in [0.15, 0.2) is 0 Å². The van der Waals surface area contributed by atoms with Crippen molar-refractivity contribution in [1.29, 1.82) is 0 Å². The number of aryl methyl sites for hydroxylation is 1. The van der Waals surface area contributed by atoms with Crippen molar-refractivity contribution in [3.8, 4) is 0 Å². The molecule has 0 spiro atoms. The van der Waals surface area contributed by atoms with Crippen LogP contribution in [0.2, 0.25) is 0 Å². The molecule has 2 atom stereocenters. The molecule has 0 radical (unpaired) electrons. The first-order valence-electron chi connectivity index (χ1n) is 6.02. The van der Waals surface area contributed by atoms with Gasteiger partial charge in [0.25, 0.3) is 5.56 Å². The fourth-order valence-corrected chi connectivity index (χ4v) is 2.32. The Morgan fingerprint density at radius 2 is 1.94 bits per heavy atom. The molecule has 5 heteroatoms. The molecule has 17 heavy (non-hydrogen) atoms. The lowest BCUT2D eigenvalue weighted by Gasteiger charge is -2.42. The predicted octanol–water partition coefficient (Wildman–Crippen LogP) is 0.607. The Morgan fingerprint density at radius 3 is 2.47 bits per heavy atom. The first-order chi connectivity index (χ1) is 7.97. The highest BCUT2D eigenvalue weighted by Crippen LogP contribution is 2.18. The van der Waals surface area contributed by atoms with Gasteiger partial charge in [-0.3, -0.25) is 9.69 Å². The van der Waals surface area contributed by atoms with Gasteiger partial charge in [0.05, 0.1) is 0 Å². The number of nitrogens with one attached hydrogen (secondary N) is 1. The third-order valence-corrected chi connectivity index (χ3v) is 3.53. The molecular weight excluding hydrogens is 216 g/mol. The van der Waals surface area contributed by atoms with E-state index >= 15 is 0 Å². The molecule has 0 saturated carbocycles. The van der Waals surface area contributed by atoms with Crippen molar-refractivity contribution in [2.45, 2.75) is 32.9 Å². The molecule has 1 fully saturated rings. The molecule has 1 aliphatic heterocycles. The van der Waals surface area contributed by atoms with Gasteiger partial charge in [-0.2, -0.15) is 0 Å². The maximum atomic E-state index is 11.4. The van der Waals surface area contributed by atoms with Gasteiger partial charge in [-0.05, 0) is 27.8 Å². The number of rotatable bonds is 1. The summed E-state index contributed by atoms with van der Waals surface area (Å²) >= 11 is 0. The van der Waals surface area contributed by atoms with E-state index in [-0.39, 0.29) is 5.56 Å². The molecule has 0 aliphatic carbocycles. The van der Waals surface area contributed by atoms with Gasteiger partial charge in [-0.1, -0.05) is 0 Å². The van der Waals surface area contributed by atoms with Gasteiger partial charge in [-0.25, -0.2) is 4.98 Å². The standard InChI is InChI=1S/C12H20N4O/c1-8-6-16(7-9(2)15(8)4)11-5-12(17)14-10(3)13-11/h5,8-9H,6-7H2,1-4H3,(H,13,14,17). The summed E-state index contributed by atoms with van der Waals surface area (Å²) in [5.74, 6) is 1.46. The topological polar surface area (TPSA) is 52.2 Å². The molecule has 5 nitrogen and oxygen atoms in total. The number of aromatic amines is 1. The quantitative estimate of drug-likeness (QED) is 0.776. The van der Waals surface area contributed by atoms with Crippen LogP contribution in [-0.4, -0.2) is 47.1 Å². The van der Waals surface area contributed by atoms with Crippen LogP contribution >= 0.6 is 0 Å². The maximum absolute atomic E-state index is 11.4. The molecule has 2 unspecified atom stereocenters. The molecule has 0 bridgehead atoms. The Labute approximate surface area is 101 Å². The summed E-state index contributed by atoms with van der Waals surface area (Å²) in [6.45, 7) is 8.03. The van der Waals surface area contributed by atoms with Crippen LogP contribution in [0.25, 0.3) is 0 Å². The van der Waals surface area contributed by atoms with Crippen LogP contribution in [-0.2, 0) is 0 Å². The number of piperazine rings is 1. The van der Waals surface area contributed by atoms with Gasteiger partial charge in [0.2, 0.25) is 0 Å². The maximum Gasteiger partial charge on any atom is 0.252 e. The van der Waals surface area contributed by atoms with Crippen LogP contribution in [0.5, 0.6) is 0 Å². The third kappa shape index (κ3) is 2.49. The van der Waals surface area contributed by atoms with Crippen molar-refractivity contribution in [2.24, 2.45) is 0 Å². The smallest absolute Gasteiger partial charge is 0.252 e. The Hall–Kier alpha value is -1.36. The van der Waals surface area contributed by atoms with Crippen molar-refractivity contribution in [3.05, 3.63) is 22.2 Å². The van der Waals surface area contributed by atoms with E-state index in [4.69, 9.17) is 0 Å². The van der Waals surface area contributed by atoms with Gasteiger partial charge in [-0.15, -0.1) is 0 Å². The van der Waals surface area contributed by atoms with E-state index in [0.717, 1.165) is 18.9 Å². The second-order valence-electron chi connectivity index (χ2n) is 4.96. The molecule has 2 heterocycles. The molecule has 1 aromatic heterocycles. The Kier molecular flexibility index (Phi) is 3.19. The number of anilines is 1. The number of likely N-dealkylation sites (N-methyl/N-ethyl adjacent to an activating group) is 1. The summed E-state index contributed by atoms with van der Waals surface area (Å²) in [7, 11) is 2.14. The minimum atomic E-state index is -0.0771. The van der Waals surface area contributed by atoms with Crippen molar-refractivity contribution in [1.82, 2.24) is 14.9 Å². The molecule has 1 aromatic rings. The van der Waals surface area contributed by atoms with Crippen LogP contribution in [0.4, 0.5) is 5.82 Å². The summed E-state index contributed by atoms with van der Waals surface area (Å²) in [4.78, 5) is 23.1. The van der Waals surface area contributed by atoms with Gasteiger partial charge < -0.3 is 9.88 Å². The van der Waals surface area contributed by atoms with Crippen molar-refractivity contribution < 1.29 is 0 Å². The lowest BCUT2D eigenvalue weighted by Crippen LogP contribution is -2.55. The Balaban J connectivity index is 2.25. The normalized spacial score (nSPS) is 26.2. The van der Waals surface area contributed by atoms with Crippen molar-refractivity contribution in [2.75, 3.05) is 25.0 Å². The lowest BCUT2D eigenvalue weighted by molar-refractivity contribution is 0.169. The number of H-pyrrole nitrogens is 1. The molecule has 0 aromatic carbocycles. The second-order valence-corrected chi connectivity index (χ2v) is 4.96. The van der Waals surface area contributed by atoms with Crippen LogP contribution in [0, 0.1) is 6.92 Å². The number of hydrogen-bond acceptors (Lipinski definition) is 4. The van der Waals surface area contributed by atoms with E-state index in [1.807, 2.05) is 6.92 Å². The zero-order valence-corrected chi connectivity index (χ0v) is 10.9. The number of nitrogens with zero attached hydrogens (tertiary/aromatic N) is 3. The van der Waals surface area contributed by atoms with E-state index in [1.54, 1.807) is 6.07 Å². The highest BCUT2D eigenvalue weighted by Gasteiger charge is 2.27. The number of aromatic nitrogens is 2. The largest absolute Gasteiger partial charge is 0.353 e. The average Bonchev–Trinajstić information content (AvgIpc) is 2.23. The Morgan fingerprint density at radius 1 is 1.35 bits per heavy atom. The Bertz CT molecular complexity index is 444. The zero-order chi connectivity index (χ0) is 12.6. The van der Waals surface area contributed by atoms with Crippen LogP contribution in [0.15, 0.2) is 10.9 Å². The summed E-state index contributed by atoms with van der Waals surface area (Å²) in [6.07, 6.45) is 0. The summed E-state index contributed by atoms with van der Waals surface area (Å²) < 4.78 is 0. The summed E-state index contributed by atoms with van der Waals surface area (Å²) in [6, 6.07) is 2.53. The van der Waals surface area contributed by atoms with E-state index in [9.17, 15) is 4.79 Å². The van der Waals surface area contributed by atoms with Gasteiger partial charge >= 0.3 is 0 Å². The molecule has 1 saturated heterocycles. The van der Waals surface area contributed by atoms with Crippen molar-refractivity contribution >= 4 is 5.82 Å². The number of hydrogen-bond donors (Lipinski definition) is 1. The third-order valence-electron chi connectivity index (χ3n) is 3.53. The first kappa shape index (κ1) is 12.1. The van der Waals surface area contributed by atoms with Crippen LogP contribution < -0.4 is 10.5 Å². The van der Waals surface area contributed by atoms with Crippen molar-refractivity contribution in [3.63, 3.8) is 0 Å². The monoisotopic (exact) mass is 236 g/mol. The van der Waals surface area contributed by atoms with Gasteiger partial charge in [0.1, 0.15) is 11.6 Å². The molecule has 0 amide bonds. The molecule has 1 N–H and O–H groups in total. The SMILES string of the molecule is Cc1nc(N2CC(C)N(C)C(C)C2)cc(=O)[nH]1. The van der Waals surface area contributed by atoms with E-state index in [1.165, 1.54) is 0 Å². The second kappa shape index (κ2) is 4.49. The minimum absolute atomic E-state index is 0.0771. The van der Waals surface area contributed by atoms with Crippen LogP contribution in [0.3, 0.4) is 0 Å². The van der Waals surface area contributed by atoms with Crippen LogP contribution in [0.1, 0.15) is 19.7 Å². The van der Waals surface area contributed by atoms with E-state index in [2.05, 4.69) is 40.7 Å². The minimum Gasteiger partial charge on any atom is -0.353 e. The first-order valence-corrected chi connectivity index (χ1v) is 6.02. The molecule has 94 valence electrons.